The zero-order chi connectivity index (χ0) is 22.9. The highest BCUT2D eigenvalue weighted by Crippen LogP contribution is 2.39. The number of rotatable bonds is 4. The van der Waals surface area contributed by atoms with Gasteiger partial charge in [-0.25, -0.2) is 13.2 Å². The monoisotopic (exact) mass is 454 g/mol. The summed E-state index contributed by atoms with van der Waals surface area (Å²) >= 11 is 0. The molecule has 2 aliphatic rings. The fraction of sp³-hybridized carbons (Fsp3) is 0.333. The maximum Gasteiger partial charge on any atom is 0.335 e. The summed E-state index contributed by atoms with van der Waals surface area (Å²) < 4.78 is 33.8. The largest absolute Gasteiger partial charge is 0.466 e. The van der Waals surface area contributed by atoms with E-state index in [1.54, 1.807) is 29.2 Å². The number of methoxy groups -OCH3 is 1. The van der Waals surface area contributed by atoms with Gasteiger partial charge < -0.3 is 9.64 Å². The van der Waals surface area contributed by atoms with E-state index >= 15 is 0 Å². The molecule has 8 heteroatoms. The third kappa shape index (κ3) is 4.08. The van der Waals surface area contributed by atoms with Crippen molar-refractivity contribution in [2.45, 2.75) is 37.1 Å². The van der Waals surface area contributed by atoms with Crippen LogP contribution in [0, 0.1) is 6.92 Å². The van der Waals surface area contributed by atoms with Crippen molar-refractivity contribution in [2.24, 2.45) is 0 Å². The first-order chi connectivity index (χ1) is 15.3. The van der Waals surface area contributed by atoms with Gasteiger partial charge in [0.05, 0.1) is 23.6 Å². The van der Waals surface area contributed by atoms with E-state index in [1.807, 2.05) is 37.3 Å². The van der Waals surface area contributed by atoms with Gasteiger partial charge in [-0.15, -0.1) is 0 Å². The summed E-state index contributed by atoms with van der Waals surface area (Å²) in [5.74, 6) is -0.576. The Labute approximate surface area is 188 Å². The van der Waals surface area contributed by atoms with E-state index < -0.39 is 22.0 Å². The predicted octanol–water partition coefficient (Wildman–Crippen LogP) is 3.18. The highest BCUT2D eigenvalue weighted by molar-refractivity contribution is 7.89. The third-order valence-electron chi connectivity index (χ3n) is 6.09. The second kappa shape index (κ2) is 8.88. The van der Waals surface area contributed by atoms with Gasteiger partial charge >= 0.3 is 5.97 Å². The normalized spacial score (nSPS) is 20.0. The average Bonchev–Trinajstić information content (AvgIpc) is 3.01. The van der Waals surface area contributed by atoms with Crippen LogP contribution in [-0.4, -0.2) is 49.7 Å². The molecule has 1 atom stereocenters. The van der Waals surface area contributed by atoms with Crippen LogP contribution in [0.1, 0.15) is 36.4 Å². The summed E-state index contributed by atoms with van der Waals surface area (Å²) in [6.07, 6.45) is 0.712. The van der Waals surface area contributed by atoms with Crippen LogP contribution in [0.4, 0.5) is 0 Å². The molecule has 0 aromatic heterocycles. The van der Waals surface area contributed by atoms with Crippen LogP contribution in [0.15, 0.2) is 70.8 Å². The van der Waals surface area contributed by atoms with Gasteiger partial charge in [0.2, 0.25) is 15.9 Å². The van der Waals surface area contributed by atoms with E-state index in [0.717, 1.165) is 11.1 Å². The molecule has 4 rings (SSSR count). The number of carbonyl (C=O) groups is 2. The number of hydrogen-bond donors (Lipinski definition) is 0. The lowest BCUT2D eigenvalue weighted by Gasteiger charge is -2.31. The molecular formula is C24H26N2O5S. The highest BCUT2D eigenvalue weighted by Gasteiger charge is 2.40. The lowest BCUT2D eigenvalue weighted by molar-refractivity contribution is -0.137. The molecule has 32 heavy (non-hydrogen) atoms. The van der Waals surface area contributed by atoms with Gasteiger partial charge in [0.25, 0.3) is 0 Å². The lowest BCUT2D eigenvalue weighted by atomic mass is 9.95. The molecule has 1 fully saturated rings. The van der Waals surface area contributed by atoms with Gasteiger partial charge in [-0.1, -0.05) is 48.0 Å². The van der Waals surface area contributed by atoms with Crippen molar-refractivity contribution in [3.05, 3.63) is 77.0 Å². The van der Waals surface area contributed by atoms with Crippen molar-refractivity contribution >= 4 is 21.9 Å². The quantitative estimate of drug-likeness (QED) is 0.663. The van der Waals surface area contributed by atoms with Crippen molar-refractivity contribution in [2.75, 3.05) is 20.2 Å². The van der Waals surface area contributed by atoms with Crippen LogP contribution in [0.3, 0.4) is 0 Å². The van der Waals surface area contributed by atoms with Crippen LogP contribution in [0.25, 0.3) is 0 Å². The summed E-state index contributed by atoms with van der Waals surface area (Å²) in [6, 6.07) is 15.5. The standard InChI is InChI=1S/C24H26N2O5S/c1-17-8-10-19(11-9-17)32(29,30)26-15-14-25-22(16-21(26)18-6-4-3-5-7-18)20(24(28)31-2)12-13-23(25)27/h3-11,21H,12-16H2,1-2H3. The van der Waals surface area contributed by atoms with E-state index in [4.69, 9.17) is 4.74 Å². The summed E-state index contributed by atoms with van der Waals surface area (Å²) in [5, 5.41) is 0. The zero-order valence-electron chi connectivity index (χ0n) is 18.2. The van der Waals surface area contributed by atoms with Crippen molar-refractivity contribution in [3.8, 4) is 0 Å². The first-order valence-corrected chi connectivity index (χ1v) is 12.0. The van der Waals surface area contributed by atoms with Crippen molar-refractivity contribution in [3.63, 3.8) is 0 Å². The van der Waals surface area contributed by atoms with Crippen LogP contribution >= 0.6 is 0 Å². The van der Waals surface area contributed by atoms with Crippen molar-refractivity contribution in [1.82, 2.24) is 9.21 Å². The maximum atomic E-state index is 13.7. The number of aryl methyl sites for hydroxylation is 1. The summed E-state index contributed by atoms with van der Waals surface area (Å²) in [5.41, 5.74) is 2.78. The van der Waals surface area contributed by atoms with Crippen LogP contribution in [-0.2, 0) is 24.3 Å². The van der Waals surface area contributed by atoms with Gasteiger partial charge in [-0.3, -0.25) is 4.79 Å². The SMILES string of the molecule is COC(=O)C1=C2CC(c3ccccc3)N(S(=O)(=O)c3ccc(C)cc3)CCN2C(=O)CC1. The van der Waals surface area contributed by atoms with Gasteiger partial charge in [0.15, 0.2) is 0 Å². The number of amides is 1. The Kier molecular flexibility index (Phi) is 6.17. The molecule has 7 nitrogen and oxygen atoms in total. The highest BCUT2D eigenvalue weighted by atomic mass is 32.2. The number of esters is 1. The Morgan fingerprint density at radius 3 is 2.34 bits per heavy atom. The number of nitrogens with zero attached hydrogens (tertiary/aromatic N) is 2. The molecule has 1 saturated heterocycles. The molecular weight excluding hydrogens is 428 g/mol. The average molecular weight is 455 g/mol. The van der Waals surface area contributed by atoms with Crippen LogP contribution in [0.5, 0.6) is 0 Å². The zero-order valence-corrected chi connectivity index (χ0v) is 19.0. The molecule has 168 valence electrons. The number of benzene rings is 2. The van der Waals surface area contributed by atoms with Gasteiger partial charge in [0.1, 0.15) is 0 Å². The van der Waals surface area contributed by atoms with E-state index in [-0.39, 0.29) is 36.7 Å². The second-order valence-electron chi connectivity index (χ2n) is 8.02. The molecule has 0 radical (unpaired) electrons. The van der Waals surface area contributed by atoms with Crippen molar-refractivity contribution < 1.29 is 22.7 Å². The number of carbonyl (C=O) groups excluding carboxylic acids is 2. The molecule has 0 aliphatic carbocycles. The Morgan fingerprint density at radius 2 is 1.69 bits per heavy atom. The van der Waals surface area contributed by atoms with Crippen LogP contribution < -0.4 is 0 Å². The molecule has 2 aliphatic heterocycles. The fourth-order valence-corrected chi connectivity index (χ4v) is 6.00. The van der Waals surface area contributed by atoms with Gasteiger partial charge in [-0.2, -0.15) is 4.31 Å². The molecule has 1 unspecified atom stereocenters. The second-order valence-corrected chi connectivity index (χ2v) is 9.91. The first-order valence-electron chi connectivity index (χ1n) is 10.6. The fourth-order valence-electron chi connectivity index (χ4n) is 4.39. The molecule has 0 bridgehead atoms. The van der Waals surface area contributed by atoms with Crippen LogP contribution in [0.2, 0.25) is 0 Å². The smallest absolute Gasteiger partial charge is 0.335 e. The molecule has 1 amide bonds. The number of ether oxygens (including phenoxy) is 1. The Hall–Kier alpha value is -2.97. The summed E-state index contributed by atoms with van der Waals surface area (Å²) in [7, 11) is -2.53. The minimum Gasteiger partial charge on any atom is -0.466 e. The first kappa shape index (κ1) is 22.2. The predicted molar refractivity (Wildman–Crippen MR) is 119 cm³/mol. The molecule has 0 N–H and O–H groups in total. The van der Waals surface area contributed by atoms with E-state index in [1.165, 1.54) is 11.4 Å². The summed E-state index contributed by atoms with van der Waals surface area (Å²) in [4.78, 5) is 27.0. The minimum atomic E-state index is -3.85. The van der Waals surface area contributed by atoms with E-state index in [2.05, 4.69) is 0 Å². The summed E-state index contributed by atoms with van der Waals surface area (Å²) in [6.45, 7) is 2.21. The van der Waals surface area contributed by atoms with Gasteiger partial charge in [0, 0.05) is 31.6 Å². The van der Waals surface area contributed by atoms with Crippen molar-refractivity contribution in [1.29, 1.82) is 0 Å². The maximum absolute atomic E-state index is 13.7. The molecule has 0 saturated carbocycles. The molecule has 2 heterocycles. The Bertz CT molecular complexity index is 1160. The number of hydrogen-bond acceptors (Lipinski definition) is 5. The molecule has 2 aromatic rings. The third-order valence-corrected chi connectivity index (χ3v) is 8.01. The lowest BCUT2D eigenvalue weighted by Crippen LogP contribution is -2.39. The molecule has 0 spiro atoms. The number of fused-ring (bicyclic) bond motifs is 1. The van der Waals surface area contributed by atoms with E-state index in [0.29, 0.717) is 17.7 Å². The Morgan fingerprint density at radius 1 is 1.00 bits per heavy atom. The Balaban J connectivity index is 1.85. The number of sulfonamides is 1. The van der Waals surface area contributed by atoms with Gasteiger partial charge in [-0.05, 0) is 31.0 Å². The molecule has 2 aromatic carbocycles. The topological polar surface area (TPSA) is 84.0 Å². The van der Waals surface area contributed by atoms with E-state index in [9.17, 15) is 18.0 Å². The minimum absolute atomic E-state index is 0.103.